The number of rotatable bonds is 8. The smallest absolute Gasteiger partial charge is 0.309 e. The molecule has 3 aromatic carbocycles. The van der Waals surface area contributed by atoms with Crippen molar-refractivity contribution in [2.24, 2.45) is 0 Å². The molecule has 0 bridgehead atoms. The molecule has 3 amide bonds. The van der Waals surface area contributed by atoms with Crippen LogP contribution in [0.4, 0.5) is 0 Å². The van der Waals surface area contributed by atoms with Crippen molar-refractivity contribution in [3.63, 3.8) is 0 Å². The minimum absolute atomic E-state index is 0.130. The van der Waals surface area contributed by atoms with Gasteiger partial charge >= 0.3 is 11.8 Å². The SMILES string of the molecule is N#CCCNC(=O)C(=O)NCCc1ccccc1C(=O)NC1(c2ccc3ccccc3c2)CC1. The van der Waals surface area contributed by atoms with Crippen molar-refractivity contribution in [2.75, 3.05) is 13.1 Å². The lowest BCUT2D eigenvalue weighted by Gasteiger charge is -2.20. The molecule has 0 radical (unpaired) electrons. The Hall–Kier alpha value is -4.18. The highest BCUT2D eigenvalue weighted by molar-refractivity contribution is 6.35. The fourth-order valence-corrected chi connectivity index (χ4v) is 4.05. The maximum Gasteiger partial charge on any atom is 0.309 e. The molecule has 3 aromatic rings. The van der Waals surface area contributed by atoms with Gasteiger partial charge in [0.1, 0.15) is 0 Å². The van der Waals surface area contributed by atoms with E-state index in [1.54, 1.807) is 6.07 Å². The third-order valence-corrected chi connectivity index (χ3v) is 6.08. The van der Waals surface area contributed by atoms with Gasteiger partial charge in [0.05, 0.1) is 18.0 Å². The molecule has 1 fully saturated rings. The normalized spacial score (nSPS) is 13.5. The van der Waals surface area contributed by atoms with Crippen LogP contribution in [0.3, 0.4) is 0 Å². The summed E-state index contributed by atoms with van der Waals surface area (Å²) in [6, 6.07) is 23.7. The van der Waals surface area contributed by atoms with Gasteiger partial charge in [0.2, 0.25) is 0 Å². The number of nitrogens with zero attached hydrogens (tertiary/aromatic N) is 1. The highest BCUT2D eigenvalue weighted by Crippen LogP contribution is 2.46. The molecule has 34 heavy (non-hydrogen) atoms. The number of amides is 3. The topological polar surface area (TPSA) is 111 Å². The van der Waals surface area contributed by atoms with E-state index in [1.807, 2.05) is 36.4 Å². The molecule has 0 unspecified atom stereocenters. The summed E-state index contributed by atoms with van der Waals surface area (Å²) in [5.74, 6) is -1.68. The van der Waals surface area contributed by atoms with E-state index < -0.39 is 11.8 Å². The van der Waals surface area contributed by atoms with E-state index in [0.29, 0.717) is 12.0 Å². The molecule has 1 aliphatic rings. The van der Waals surface area contributed by atoms with E-state index in [4.69, 9.17) is 5.26 Å². The van der Waals surface area contributed by atoms with Crippen molar-refractivity contribution in [3.05, 3.63) is 83.4 Å². The lowest BCUT2D eigenvalue weighted by Crippen LogP contribution is -2.41. The monoisotopic (exact) mass is 454 g/mol. The molecule has 0 aromatic heterocycles. The highest BCUT2D eigenvalue weighted by Gasteiger charge is 2.46. The molecule has 0 atom stereocenters. The van der Waals surface area contributed by atoms with Gasteiger partial charge in [-0.05, 0) is 53.3 Å². The summed E-state index contributed by atoms with van der Waals surface area (Å²) in [5, 5.41) is 19.0. The standard InChI is InChI=1S/C27H26N4O3/c28-15-5-16-29-25(33)26(34)30-17-12-20-7-3-4-9-23(20)24(32)31-27(13-14-27)22-11-10-19-6-1-2-8-21(19)18-22/h1-4,6-11,18H,5,12-14,16-17H2,(H,29,33)(H,30,34)(H,31,32). The molecule has 0 aliphatic heterocycles. The molecule has 1 saturated carbocycles. The second kappa shape index (κ2) is 10.2. The van der Waals surface area contributed by atoms with Gasteiger partial charge < -0.3 is 16.0 Å². The number of nitriles is 1. The molecule has 0 heterocycles. The van der Waals surface area contributed by atoms with Crippen LogP contribution in [0.25, 0.3) is 10.8 Å². The second-order valence-corrected chi connectivity index (χ2v) is 8.43. The molecule has 172 valence electrons. The fraction of sp³-hybridized carbons (Fsp3) is 0.259. The number of carbonyl (C=O) groups excluding carboxylic acids is 3. The molecule has 3 N–H and O–H groups in total. The average Bonchev–Trinajstić information content (AvgIpc) is 3.64. The first-order valence-corrected chi connectivity index (χ1v) is 11.4. The summed E-state index contributed by atoms with van der Waals surface area (Å²) in [5.41, 5.74) is 2.10. The summed E-state index contributed by atoms with van der Waals surface area (Å²) in [6.07, 6.45) is 2.32. The van der Waals surface area contributed by atoms with E-state index in [9.17, 15) is 14.4 Å². The lowest BCUT2D eigenvalue weighted by molar-refractivity contribution is -0.139. The van der Waals surface area contributed by atoms with Crippen LogP contribution in [0.1, 0.15) is 40.7 Å². The summed E-state index contributed by atoms with van der Waals surface area (Å²) >= 11 is 0. The van der Waals surface area contributed by atoms with Crippen LogP contribution >= 0.6 is 0 Å². The number of nitrogens with one attached hydrogen (secondary N) is 3. The van der Waals surface area contributed by atoms with E-state index in [-0.39, 0.29) is 31.0 Å². The van der Waals surface area contributed by atoms with Gasteiger partial charge in [-0.2, -0.15) is 5.26 Å². The van der Waals surface area contributed by atoms with Crippen LogP contribution in [0, 0.1) is 11.3 Å². The van der Waals surface area contributed by atoms with Crippen LogP contribution in [-0.2, 0) is 21.5 Å². The Bertz CT molecular complexity index is 1270. The van der Waals surface area contributed by atoms with Gasteiger partial charge in [-0.1, -0.05) is 54.6 Å². The zero-order valence-electron chi connectivity index (χ0n) is 18.8. The maximum atomic E-state index is 13.2. The zero-order chi connectivity index (χ0) is 24.0. The van der Waals surface area contributed by atoms with Crippen molar-refractivity contribution < 1.29 is 14.4 Å². The van der Waals surface area contributed by atoms with Crippen molar-refractivity contribution >= 4 is 28.5 Å². The first-order chi connectivity index (χ1) is 16.5. The predicted octanol–water partition coefficient (Wildman–Crippen LogP) is 2.95. The van der Waals surface area contributed by atoms with Gasteiger partial charge in [-0.15, -0.1) is 0 Å². The summed E-state index contributed by atoms with van der Waals surface area (Å²) < 4.78 is 0. The third kappa shape index (κ3) is 5.24. The summed E-state index contributed by atoms with van der Waals surface area (Å²) in [4.78, 5) is 36.8. The minimum atomic E-state index is -0.771. The Morgan fingerprint density at radius 2 is 1.53 bits per heavy atom. The van der Waals surface area contributed by atoms with Crippen molar-refractivity contribution in [1.82, 2.24) is 16.0 Å². The van der Waals surface area contributed by atoms with Crippen LogP contribution in [0.2, 0.25) is 0 Å². The van der Waals surface area contributed by atoms with E-state index in [0.717, 1.165) is 29.4 Å². The Labute approximate surface area is 198 Å². The Balaban J connectivity index is 1.39. The molecule has 0 spiro atoms. The number of fused-ring (bicyclic) bond motifs is 1. The molecular weight excluding hydrogens is 428 g/mol. The van der Waals surface area contributed by atoms with Gasteiger partial charge in [-0.3, -0.25) is 14.4 Å². The molecule has 0 saturated heterocycles. The molecule has 4 rings (SSSR count). The van der Waals surface area contributed by atoms with E-state index in [1.165, 1.54) is 5.39 Å². The maximum absolute atomic E-state index is 13.2. The molecule has 7 heteroatoms. The van der Waals surface area contributed by atoms with Gasteiger partial charge in [-0.25, -0.2) is 0 Å². The number of carbonyl (C=O) groups is 3. The average molecular weight is 455 g/mol. The summed E-state index contributed by atoms with van der Waals surface area (Å²) in [6.45, 7) is 0.343. The van der Waals surface area contributed by atoms with Gasteiger partial charge in [0, 0.05) is 18.7 Å². The van der Waals surface area contributed by atoms with Crippen LogP contribution < -0.4 is 16.0 Å². The molecule has 1 aliphatic carbocycles. The number of benzene rings is 3. The lowest BCUT2D eigenvalue weighted by atomic mass is 9.98. The zero-order valence-corrected chi connectivity index (χ0v) is 18.8. The Morgan fingerprint density at radius 1 is 0.853 bits per heavy atom. The first-order valence-electron chi connectivity index (χ1n) is 11.4. The largest absolute Gasteiger partial charge is 0.348 e. The predicted molar refractivity (Wildman–Crippen MR) is 129 cm³/mol. The second-order valence-electron chi connectivity index (χ2n) is 8.43. The third-order valence-electron chi connectivity index (χ3n) is 6.08. The van der Waals surface area contributed by atoms with Gasteiger partial charge in [0.25, 0.3) is 5.91 Å². The quantitative estimate of drug-likeness (QED) is 0.359. The van der Waals surface area contributed by atoms with Crippen molar-refractivity contribution in [2.45, 2.75) is 31.2 Å². The van der Waals surface area contributed by atoms with Gasteiger partial charge in [0.15, 0.2) is 0 Å². The minimum Gasteiger partial charge on any atom is -0.348 e. The number of hydrogen-bond acceptors (Lipinski definition) is 4. The Morgan fingerprint density at radius 3 is 2.26 bits per heavy atom. The fourth-order valence-electron chi connectivity index (χ4n) is 4.05. The first kappa shape index (κ1) is 23.0. The number of hydrogen-bond donors (Lipinski definition) is 3. The molecule has 7 nitrogen and oxygen atoms in total. The van der Waals surface area contributed by atoms with Crippen LogP contribution in [0.15, 0.2) is 66.7 Å². The van der Waals surface area contributed by atoms with E-state index in [2.05, 4.69) is 46.3 Å². The highest BCUT2D eigenvalue weighted by atomic mass is 16.2. The summed E-state index contributed by atoms with van der Waals surface area (Å²) in [7, 11) is 0. The van der Waals surface area contributed by atoms with Crippen molar-refractivity contribution in [3.8, 4) is 6.07 Å². The van der Waals surface area contributed by atoms with Crippen LogP contribution in [0.5, 0.6) is 0 Å². The van der Waals surface area contributed by atoms with Crippen molar-refractivity contribution in [1.29, 1.82) is 5.26 Å². The molecular formula is C27H26N4O3. The van der Waals surface area contributed by atoms with Crippen LogP contribution in [-0.4, -0.2) is 30.8 Å². The van der Waals surface area contributed by atoms with E-state index >= 15 is 0 Å². The Kier molecular flexibility index (Phi) is 6.88.